The zero-order valence-corrected chi connectivity index (χ0v) is 28.0. The highest BCUT2D eigenvalue weighted by Crippen LogP contribution is 2.34. The number of hydrogen-bond donors (Lipinski definition) is 1. The van der Waals surface area contributed by atoms with Crippen LogP contribution in [0.3, 0.4) is 0 Å². The zero-order chi connectivity index (χ0) is 33.6. The van der Waals surface area contributed by atoms with Crippen LogP contribution in [-0.4, -0.2) is 112 Å². The third-order valence-electron chi connectivity index (χ3n) is 8.61. The molecule has 6 rings (SSSR count). The van der Waals surface area contributed by atoms with Gasteiger partial charge in [0.05, 0.1) is 49.8 Å². The fraction of sp³-hybridized carbons (Fsp3) is 0.515. The average molecular weight is 661 g/mol. The molecule has 15 heteroatoms. The predicted octanol–water partition coefficient (Wildman–Crippen LogP) is 3.71. The summed E-state index contributed by atoms with van der Waals surface area (Å²) in [5.41, 5.74) is 1.50. The normalized spacial score (nSPS) is 18.9. The van der Waals surface area contributed by atoms with Crippen molar-refractivity contribution in [2.24, 2.45) is 7.05 Å². The minimum Gasteiger partial charge on any atom is -0.741 e. The van der Waals surface area contributed by atoms with Crippen LogP contribution in [0.2, 0.25) is 0 Å². The number of nitrogens with zero attached hydrogens (tertiary/aromatic N) is 9. The maximum Gasteiger partial charge on any atom is 0.398 e. The lowest BCUT2D eigenvalue weighted by Gasteiger charge is -2.31. The van der Waals surface area contributed by atoms with Gasteiger partial charge in [0.15, 0.2) is 17.5 Å². The Morgan fingerprint density at radius 1 is 1.04 bits per heavy atom. The number of ether oxygens (including phenoxy) is 4. The molecule has 1 N–H and O–H groups in total. The SMILES string of the molecule is C=[N+]([O-])c1ncc(C(C)Oc2cnc3cc(N4CCOCC4)nc(O[C@H]4CC[C@@H](Nc5ncc(OCCN(C)C)cn5)CC4)c3c2)n1C. The van der Waals surface area contributed by atoms with Gasteiger partial charge in [-0.3, -0.25) is 9.72 Å². The Morgan fingerprint density at radius 3 is 2.46 bits per heavy atom. The molecule has 4 aromatic heterocycles. The Kier molecular flexibility index (Phi) is 10.3. The Bertz CT molecular complexity index is 1680. The summed E-state index contributed by atoms with van der Waals surface area (Å²) in [5.74, 6) is 3.35. The molecular weight excluding hydrogens is 616 g/mol. The van der Waals surface area contributed by atoms with Crippen molar-refractivity contribution >= 4 is 35.3 Å². The summed E-state index contributed by atoms with van der Waals surface area (Å²) in [6.07, 6.45) is 9.82. The van der Waals surface area contributed by atoms with Gasteiger partial charge in [0, 0.05) is 38.5 Å². The molecule has 2 aliphatic rings. The number of pyridine rings is 2. The van der Waals surface area contributed by atoms with Crippen molar-refractivity contribution < 1.29 is 23.7 Å². The number of hydrogen-bond acceptors (Lipinski definition) is 13. The van der Waals surface area contributed by atoms with E-state index in [9.17, 15) is 5.21 Å². The first-order valence-electron chi connectivity index (χ1n) is 16.4. The molecule has 1 saturated carbocycles. The third-order valence-corrected chi connectivity index (χ3v) is 8.61. The molecule has 1 aliphatic heterocycles. The largest absolute Gasteiger partial charge is 0.741 e. The van der Waals surface area contributed by atoms with Gasteiger partial charge in [0.25, 0.3) is 0 Å². The van der Waals surface area contributed by atoms with E-state index in [0.717, 1.165) is 67.7 Å². The van der Waals surface area contributed by atoms with Crippen LogP contribution in [0, 0.1) is 5.21 Å². The number of anilines is 2. The fourth-order valence-corrected chi connectivity index (χ4v) is 5.93. The van der Waals surface area contributed by atoms with Crippen molar-refractivity contribution in [1.82, 2.24) is 34.4 Å². The zero-order valence-electron chi connectivity index (χ0n) is 28.0. The van der Waals surface area contributed by atoms with Crippen molar-refractivity contribution in [1.29, 1.82) is 0 Å². The first-order chi connectivity index (χ1) is 23.2. The van der Waals surface area contributed by atoms with Crippen LogP contribution in [0.4, 0.5) is 17.7 Å². The standard InChI is InChI=1S/C33H44N10O5/c1-22(29-21-37-33(41(29)4)42(5)44)47-25-16-27-28(34-18-25)17-30(43-11-13-45-14-12-43)39-31(27)48-24-8-6-23(7-9-24)38-32-35-19-26(20-36-32)46-15-10-40(2)3/h16-24H,5-15H2,1-4H3,(H,35,36,38)/t22?,23-,24+. The van der Waals surface area contributed by atoms with Crippen molar-refractivity contribution in [3.63, 3.8) is 0 Å². The lowest BCUT2D eigenvalue weighted by Crippen LogP contribution is -2.37. The van der Waals surface area contributed by atoms with Gasteiger partial charge in [-0.1, -0.05) is 4.98 Å². The van der Waals surface area contributed by atoms with E-state index >= 15 is 0 Å². The molecule has 0 bridgehead atoms. The van der Waals surface area contributed by atoms with Crippen LogP contribution in [0.15, 0.2) is 36.9 Å². The highest BCUT2D eigenvalue weighted by molar-refractivity contribution is 5.87. The Balaban J connectivity index is 1.14. The second-order valence-electron chi connectivity index (χ2n) is 12.4. The van der Waals surface area contributed by atoms with Gasteiger partial charge in [-0.05, 0) is 52.8 Å². The Morgan fingerprint density at radius 2 is 1.77 bits per heavy atom. The first kappa shape index (κ1) is 33.2. The van der Waals surface area contributed by atoms with Gasteiger partial charge in [-0.25, -0.2) is 14.5 Å². The van der Waals surface area contributed by atoms with E-state index in [0.29, 0.717) is 47.9 Å². The van der Waals surface area contributed by atoms with E-state index in [2.05, 4.69) is 36.8 Å². The van der Waals surface area contributed by atoms with E-state index in [4.69, 9.17) is 28.9 Å². The molecule has 5 heterocycles. The van der Waals surface area contributed by atoms with Crippen molar-refractivity contribution in [2.45, 2.75) is 50.9 Å². The van der Waals surface area contributed by atoms with Crippen LogP contribution >= 0.6 is 0 Å². The summed E-state index contributed by atoms with van der Waals surface area (Å²) in [6.45, 7) is 9.50. The molecule has 0 spiro atoms. The van der Waals surface area contributed by atoms with Crippen LogP contribution in [0.25, 0.3) is 10.9 Å². The first-order valence-corrected chi connectivity index (χ1v) is 16.4. The molecule has 0 aromatic carbocycles. The lowest BCUT2D eigenvalue weighted by atomic mass is 9.93. The number of aromatic nitrogens is 6. The summed E-state index contributed by atoms with van der Waals surface area (Å²) < 4.78 is 26.4. The van der Waals surface area contributed by atoms with Gasteiger partial charge in [0.1, 0.15) is 30.5 Å². The van der Waals surface area contributed by atoms with E-state index in [1.807, 2.05) is 33.2 Å². The number of nitrogens with one attached hydrogen (secondary N) is 1. The van der Waals surface area contributed by atoms with Gasteiger partial charge in [-0.2, -0.15) is 4.98 Å². The third kappa shape index (κ3) is 8.02. The average Bonchev–Trinajstić information content (AvgIpc) is 3.48. The van der Waals surface area contributed by atoms with Gasteiger partial charge in [0.2, 0.25) is 11.8 Å². The number of fused-ring (bicyclic) bond motifs is 1. The molecule has 1 saturated heterocycles. The molecule has 48 heavy (non-hydrogen) atoms. The summed E-state index contributed by atoms with van der Waals surface area (Å²) >= 11 is 0. The molecule has 15 nitrogen and oxygen atoms in total. The fourth-order valence-electron chi connectivity index (χ4n) is 5.93. The van der Waals surface area contributed by atoms with Gasteiger partial charge < -0.3 is 39.3 Å². The number of morpholine rings is 1. The maximum absolute atomic E-state index is 11.7. The van der Waals surface area contributed by atoms with Crippen LogP contribution < -0.4 is 24.4 Å². The lowest BCUT2D eigenvalue weighted by molar-refractivity contribution is -0.362. The quantitative estimate of drug-likeness (QED) is 0.0961. The second-order valence-corrected chi connectivity index (χ2v) is 12.4. The highest BCUT2D eigenvalue weighted by atomic mass is 16.5. The minimum atomic E-state index is -0.404. The van der Waals surface area contributed by atoms with E-state index in [1.165, 1.54) is 0 Å². The summed E-state index contributed by atoms with van der Waals surface area (Å²) in [7, 11) is 5.77. The van der Waals surface area contributed by atoms with E-state index in [1.54, 1.807) is 36.4 Å². The van der Waals surface area contributed by atoms with Gasteiger partial charge >= 0.3 is 5.95 Å². The number of likely N-dealkylation sites (N-methyl/N-ethyl adjacent to an activating group) is 1. The monoisotopic (exact) mass is 660 g/mol. The molecule has 4 aromatic rings. The van der Waals surface area contributed by atoms with Crippen LogP contribution in [0.5, 0.6) is 17.4 Å². The molecule has 2 fully saturated rings. The molecule has 1 atom stereocenters. The van der Waals surface area contributed by atoms with Crippen LogP contribution in [-0.2, 0) is 11.8 Å². The molecule has 1 aliphatic carbocycles. The molecule has 1 unspecified atom stereocenters. The summed E-state index contributed by atoms with van der Waals surface area (Å²) in [5, 5.41) is 16.0. The van der Waals surface area contributed by atoms with Gasteiger partial charge in [-0.15, -0.1) is 0 Å². The molecule has 256 valence electrons. The van der Waals surface area contributed by atoms with E-state index in [-0.39, 0.29) is 18.1 Å². The topological polar surface area (TPSA) is 151 Å². The van der Waals surface area contributed by atoms with Crippen molar-refractivity contribution in [2.75, 3.05) is 63.8 Å². The predicted molar refractivity (Wildman–Crippen MR) is 182 cm³/mol. The Hall–Kier alpha value is -4.76. The van der Waals surface area contributed by atoms with Crippen molar-refractivity contribution in [3.8, 4) is 17.4 Å². The van der Waals surface area contributed by atoms with Crippen LogP contribution in [0.1, 0.15) is 44.4 Å². The number of rotatable bonds is 13. The van der Waals surface area contributed by atoms with E-state index < -0.39 is 6.10 Å². The summed E-state index contributed by atoms with van der Waals surface area (Å²) in [6, 6.07) is 4.15. The smallest absolute Gasteiger partial charge is 0.398 e. The summed E-state index contributed by atoms with van der Waals surface area (Å²) in [4.78, 5) is 27.1. The second kappa shape index (κ2) is 15.0. The number of imidazole rings is 1. The molecular formula is C33H44N10O5. The van der Waals surface area contributed by atoms with Crippen molar-refractivity contribution in [3.05, 3.63) is 47.8 Å². The molecule has 0 amide bonds. The highest BCUT2D eigenvalue weighted by Gasteiger charge is 2.26. The Labute approximate surface area is 280 Å². The molecule has 0 radical (unpaired) electrons. The maximum atomic E-state index is 11.7. The minimum absolute atomic E-state index is 0.0128.